The van der Waals surface area contributed by atoms with Crippen LogP contribution < -0.4 is 11.1 Å². The molecule has 0 aliphatic carbocycles. The van der Waals surface area contributed by atoms with Crippen LogP contribution in [0.1, 0.15) is 54.6 Å². The highest BCUT2D eigenvalue weighted by atomic mass is 19.1. The molecule has 1 fully saturated rings. The van der Waals surface area contributed by atoms with Gasteiger partial charge in [-0.1, -0.05) is 74.5 Å². The predicted molar refractivity (Wildman–Crippen MR) is 138 cm³/mol. The van der Waals surface area contributed by atoms with Crippen LogP contribution >= 0.6 is 0 Å². The lowest BCUT2D eigenvalue weighted by Gasteiger charge is -2.28. The standard InChI is InChI=1S/C29H33FN4O2/c1-19(2)20-11-13-22(14-12-20)27(21-8-4-3-5-9-21)33-28(35)26-16-23(30)18-34(26)29(36)25(31)17-24-10-6-7-15-32-24/h3-15,19,23,25-27H,16-18,31H2,1-2H3,(H,33,35)/t23-,25?,26+,27+/m1/s1. The zero-order chi connectivity index (χ0) is 25.7. The number of likely N-dealkylation sites (tertiary alicyclic amines) is 1. The maximum Gasteiger partial charge on any atom is 0.243 e. The van der Waals surface area contributed by atoms with Gasteiger partial charge in [-0.2, -0.15) is 0 Å². The van der Waals surface area contributed by atoms with Gasteiger partial charge in [-0.15, -0.1) is 0 Å². The van der Waals surface area contributed by atoms with Gasteiger partial charge < -0.3 is 16.0 Å². The Morgan fingerprint density at radius 3 is 2.28 bits per heavy atom. The summed E-state index contributed by atoms with van der Waals surface area (Å²) >= 11 is 0. The number of halogens is 1. The summed E-state index contributed by atoms with van der Waals surface area (Å²) in [5, 5.41) is 3.08. The lowest BCUT2D eigenvalue weighted by Crippen LogP contribution is -2.52. The molecular weight excluding hydrogens is 455 g/mol. The minimum Gasteiger partial charge on any atom is -0.343 e. The molecule has 1 aliphatic heterocycles. The summed E-state index contributed by atoms with van der Waals surface area (Å²) in [6.07, 6.45) is 0.512. The molecule has 1 aromatic heterocycles. The number of hydrogen-bond donors (Lipinski definition) is 2. The number of amides is 2. The molecule has 3 N–H and O–H groups in total. The first-order chi connectivity index (χ1) is 17.3. The second kappa shape index (κ2) is 11.4. The fraction of sp³-hybridized carbons (Fsp3) is 0.345. The van der Waals surface area contributed by atoms with Crippen molar-refractivity contribution in [3.63, 3.8) is 0 Å². The SMILES string of the molecule is CC(C)c1ccc([C@@H](NC(=O)[C@@H]2C[C@@H](F)CN2C(=O)C(N)Cc2ccccn2)c2ccccc2)cc1. The molecule has 1 saturated heterocycles. The number of benzene rings is 2. The Hall–Kier alpha value is -3.58. The second-order valence-corrected chi connectivity index (χ2v) is 9.64. The molecular formula is C29H33FN4O2. The normalized spacial score (nSPS) is 19.2. The number of carbonyl (C=O) groups is 2. The molecule has 188 valence electrons. The first-order valence-corrected chi connectivity index (χ1v) is 12.4. The van der Waals surface area contributed by atoms with Crippen molar-refractivity contribution in [2.24, 2.45) is 5.73 Å². The van der Waals surface area contributed by atoms with Gasteiger partial charge in [-0.25, -0.2) is 4.39 Å². The van der Waals surface area contributed by atoms with Crippen LogP contribution in [-0.2, 0) is 16.0 Å². The average molecular weight is 489 g/mol. The number of rotatable bonds is 8. The molecule has 36 heavy (non-hydrogen) atoms. The zero-order valence-electron chi connectivity index (χ0n) is 20.7. The van der Waals surface area contributed by atoms with Crippen molar-refractivity contribution in [3.8, 4) is 0 Å². The zero-order valence-corrected chi connectivity index (χ0v) is 20.7. The van der Waals surface area contributed by atoms with Crippen LogP contribution in [0.3, 0.4) is 0 Å². The van der Waals surface area contributed by atoms with Gasteiger partial charge in [0.2, 0.25) is 11.8 Å². The summed E-state index contributed by atoms with van der Waals surface area (Å²) < 4.78 is 14.5. The number of nitrogens with zero attached hydrogens (tertiary/aromatic N) is 2. The van der Waals surface area contributed by atoms with Gasteiger partial charge in [0.1, 0.15) is 12.2 Å². The minimum atomic E-state index is -1.28. The van der Waals surface area contributed by atoms with Crippen molar-refractivity contribution in [3.05, 3.63) is 101 Å². The molecule has 4 atom stereocenters. The molecule has 1 aliphatic rings. The molecule has 2 amide bonds. The van der Waals surface area contributed by atoms with E-state index < -0.39 is 36.1 Å². The van der Waals surface area contributed by atoms with Gasteiger partial charge in [-0.05, 0) is 34.7 Å². The van der Waals surface area contributed by atoms with E-state index in [1.807, 2.05) is 48.5 Å². The van der Waals surface area contributed by atoms with Crippen molar-refractivity contribution in [2.75, 3.05) is 6.54 Å². The number of hydrogen-bond acceptors (Lipinski definition) is 4. The summed E-state index contributed by atoms with van der Waals surface area (Å²) in [7, 11) is 0. The summed E-state index contributed by atoms with van der Waals surface area (Å²) in [6, 6.07) is 20.9. The number of carbonyl (C=O) groups excluding carboxylic acids is 2. The Morgan fingerprint density at radius 2 is 1.64 bits per heavy atom. The third kappa shape index (κ3) is 5.97. The maximum absolute atomic E-state index is 14.5. The van der Waals surface area contributed by atoms with E-state index in [1.54, 1.807) is 18.3 Å². The molecule has 3 aromatic rings. The van der Waals surface area contributed by atoms with E-state index in [4.69, 9.17) is 5.73 Å². The lowest BCUT2D eigenvalue weighted by molar-refractivity contribution is -0.139. The van der Waals surface area contributed by atoms with E-state index in [0.29, 0.717) is 11.6 Å². The van der Waals surface area contributed by atoms with E-state index in [-0.39, 0.29) is 19.4 Å². The molecule has 0 saturated carbocycles. The Balaban J connectivity index is 1.54. The number of alkyl halides is 1. The van der Waals surface area contributed by atoms with Crippen molar-refractivity contribution < 1.29 is 14.0 Å². The van der Waals surface area contributed by atoms with Crippen LogP contribution in [0.4, 0.5) is 4.39 Å². The minimum absolute atomic E-state index is 0.0539. The molecule has 0 bridgehead atoms. The van der Waals surface area contributed by atoms with Gasteiger partial charge in [-0.3, -0.25) is 14.6 Å². The van der Waals surface area contributed by atoms with Crippen LogP contribution in [-0.4, -0.2) is 46.5 Å². The first-order valence-electron chi connectivity index (χ1n) is 12.4. The third-order valence-corrected chi connectivity index (χ3v) is 6.66. The van der Waals surface area contributed by atoms with Crippen LogP contribution in [0.5, 0.6) is 0 Å². The second-order valence-electron chi connectivity index (χ2n) is 9.64. The van der Waals surface area contributed by atoms with E-state index >= 15 is 0 Å². The summed E-state index contributed by atoms with van der Waals surface area (Å²) in [5.41, 5.74) is 9.87. The van der Waals surface area contributed by atoms with Crippen molar-refractivity contribution >= 4 is 11.8 Å². The predicted octanol–water partition coefficient (Wildman–Crippen LogP) is 3.92. The average Bonchev–Trinajstić information content (AvgIpc) is 3.29. The topological polar surface area (TPSA) is 88.3 Å². The number of nitrogens with two attached hydrogens (primary N) is 1. The molecule has 2 aromatic carbocycles. The first kappa shape index (κ1) is 25.5. The molecule has 6 nitrogen and oxygen atoms in total. The Kier molecular flexibility index (Phi) is 8.10. The highest BCUT2D eigenvalue weighted by Crippen LogP contribution is 2.27. The Labute approximate surface area is 211 Å². The van der Waals surface area contributed by atoms with Crippen LogP contribution in [0, 0.1) is 0 Å². The van der Waals surface area contributed by atoms with E-state index in [1.165, 1.54) is 10.5 Å². The number of pyridine rings is 1. The summed E-state index contributed by atoms with van der Waals surface area (Å²) in [6.45, 7) is 4.11. The lowest BCUT2D eigenvalue weighted by atomic mass is 9.95. The van der Waals surface area contributed by atoms with E-state index in [9.17, 15) is 14.0 Å². The summed E-state index contributed by atoms with van der Waals surface area (Å²) in [5.74, 6) is -0.451. The van der Waals surface area contributed by atoms with Crippen molar-refractivity contribution in [1.82, 2.24) is 15.2 Å². The number of nitrogens with one attached hydrogen (secondary N) is 1. The Bertz CT molecular complexity index is 1150. The molecule has 1 unspecified atom stereocenters. The molecule has 2 heterocycles. The highest BCUT2D eigenvalue weighted by molar-refractivity contribution is 5.91. The molecule has 7 heteroatoms. The van der Waals surface area contributed by atoms with Gasteiger partial charge in [0, 0.05) is 24.7 Å². The Morgan fingerprint density at radius 1 is 1.00 bits per heavy atom. The van der Waals surface area contributed by atoms with Crippen molar-refractivity contribution in [1.29, 1.82) is 0 Å². The quantitative estimate of drug-likeness (QED) is 0.503. The van der Waals surface area contributed by atoms with Gasteiger partial charge >= 0.3 is 0 Å². The molecule has 4 rings (SSSR count). The monoisotopic (exact) mass is 488 g/mol. The fourth-order valence-corrected chi connectivity index (χ4v) is 4.64. The van der Waals surface area contributed by atoms with Crippen LogP contribution in [0.25, 0.3) is 0 Å². The van der Waals surface area contributed by atoms with Crippen molar-refractivity contribution in [2.45, 2.75) is 56.9 Å². The smallest absolute Gasteiger partial charge is 0.243 e. The maximum atomic E-state index is 14.5. The van der Waals surface area contributed by atoms with E-state index in [2.05, 4.69) is 36.3 Å². The third-order valence-electron chi connectivity index (χ3n) is 6.66. The van der Waals surface area contributed by atoms with E-state index in [0.717, 1.165) is 11.1 Å². The summed E-state index contributed by atoms with van der Waals surface area (Å²) in [4.78, 5) is 32.2. The molecule has 0 radical (unpaired) electrons. The van der Waals surface area contributed by atoms with Gasteiger partial charge in [0.25, 0.3) is 0 Å². The van der Waals surface area contributed by atoms with Crippen LogP contribution in [0.2, 0.25) is 0 Å². The van der Waals surface area contributed by atoms with Gasteiger partial charge in [0.15, 0.2) is 0 Å². The van der Waals surface area contributed by atoms with Crippen LogP contribution in [0.15, 0.2) is 79.0 Å². The number of aromatic nitrogens is 1. The fourth-order valence-electron chi connectivity index (χ4n) is 4.64. The molecule has 0 spiro atoms. The largest absolute Gasteiger partial charge is 0.343 e. The van der Waals surface area contributed by atoms with Gasteiger partial charge in [0.05, 0.1) is 18.6 Å². The highest BCUT2D eigenvalue weighted by Gasteiger charge is 2.42.